The first-order chi connectivity index (χ1) is 12.5. The zero-order chi connectivity index (χ0) is 18.7. The van der Waals surface area contributed by atoms with Crippen LogP contribution in [0.3, 0.4) is 0 Å². The van der Waals surface area contributed by atoms with Crippen LogP contribution < -0.4 is 5.32 Å². The number of fused-ring (bicyclic) bond motifs is 1. The van der Waals surface area contributed by atoms with E-state index in [0.29, 0.717) is 11.1 Å². The summed E-state index contributed by atoms with van der Waals surface area (Å²) in [7, 11) is 0. The van der Waals surface area contributed by atoms with E-state index in [4.69, 9.17) is 21.6 Å². The molecule has 0 aliphatic rings. The highest BCUT2D eigenvalue weighted by atomic mass is 35.5. The van der Waals surface area contributed by atoms with Crippen molar-refractivity contribution in [1.29, 1.82) is 5.26 Å². The van der Waals surface area contributed by atoms with Crippen molar-refractivity contribution in [3.05, 3.63) is 63.7 Å². The van der Waals surface area contributed by atoms with Crippen molar-refractivity contribution in [2.45, 2.75) is 0 Å². The van der Waals surface area contributed by atoms with Gasteiger partial charge in [0.2, 0.25) is 0 Å². The van der Waals surface area contributed by atoms with E-state index in [1.807, 2.05) is 6.07 Å². The molecule has 2 aromatic carbocycles. The number of amides is 1. The minimum Gasteiger partial charge on any atom is -0.451 e. The fraction of sp³-hybridized carbons (Fsp3) is 0.0556. The number of nitrogens with one attached hydrogen (secondary N) is 1. The van der Waals surface area contributed by atoms with Crippen LogP contribution in [0.25, 0.3) is 10.1 Å². The van der Waals surface area contributed by atoms with E-state index in [0.717, 1.165) is 16.0 Å². The van der Waals surface area contributed by atoms with Crippen LogP contribution in [0.15, 0.2) is 42.5 Å². The third kappa shape index (κ3) is 3.99. The fourth-order valence-corrected chi connectivity index (χ4v) is 3.36. The molecule has 1 N–H and O–H groups in total. The molecule has 5 nitrogen and oxygen atoms in total. The van der Waals surface area contributed by atoms with Crippen molar-refractivity contribution in [1.82, 2.24) is 0 Å². The number of nitrogens with zero attached hydrogens (tertiary/aromatic N) is 1. The van der Waals surface area contributed by atoms with E-state index in [9.17, 15) is 14.0 Å². The standard InChI is InChI=1S/C18H10ClFN2O3S/c19-14-7-13(3-1-10(14)8-21)22-17(23)9-25-18(24)16-6-11-5-12(20)2-4-15(11)26-16/h1-7H,9H2,(H,22,23). The van der Waals surface area contributed by atoms with Gasteiger partial charge in [0.25, 0.3) is 5.91 Å². The van der Waals surface area contributed by atoms with E-state index >= 15 is 0 Å². The number of thiophene rings is 1. The van der Waals surface area contributed by atoms with Crippen LogP contribution in [0.1, 0.15) is 15.2 Å². The molecule has 1 heterocycles. The number of carbonyl (C=O) groups excluding carboxylic acids is 2. The molecule has 130 valence electrons. The second-order valence-electron chi connectivity index (χ2n) is 5.22. The number of anilines is 1. The minimum atomic E-state index is -0.667. The second-order valence-corrected chi connectivity index (χ2v) is 6.71. The van der Waals surface area contributed by atoms with Crippen molar-refractivity contribution in [3.8, 4) is 6.07 Å². The molecule has 3 rings (SSSR count). The molecule has 0 fully saturated rings. The van der Waals surface area contributed by atoms with Crippen molar-refractivity contribution in [2.24, 2.45) is 0 Å². The summed E-state index contributed by atoms with van der Waals surface area (Å²) in [6.07, 6.45) is 0. The Morgan fingerprint density at radius 1 is 1.23 bits per heavy atom. The van der Waals surface area contributed by atoms with Gasteiger partial charge in [-0.3, -0.25) is 4.79 Å². The predicted octanol–water partition coefficient (Wildman–Crippen LogP) is 4.36. The summed E-state index contributed by atoms with van der Waals surface area (Å²) in [5.41, 5.74) is 0.671. The molecule has 0 bridgehead atoms. The maximum absolute atomic E-state index is 13.2. The Morgan fingerprint density at radius 3 is 2.77 bits per heavy atom. The summed E-state index contributed by atoms with van der Waals surface area (Å²) in [6.45, 7) is -0.487. The SMILES string of the molecule is N#Cc1ccc(NC(=O)COC(=O)c2cc3cc(F)ccc3s2)cc1Cl. The van der Waals surface area contributed by atoms with Gasteiger partial charge in [-0.25, -0.2) is 9.18 Å². The van der Waals surface area contributed by atoms with Gasteiger partial charge in [-0.15, -0.1) is 11.3 Å². The van der Waals surface area contributed by atoms with Crippen LogP contribution in [0.2, 0.25) is 5.02 Å². The van der Waals surface area contributed by atoms with Gasteiger partial charge >= 0.3 is 5.97 Å². The van der Waals surface area contributed by atoms with Crippen LogP contribution in [-0.2, 0) is 9.53 Å². The van der Waals surface area contributed by atoms with Gasteiger partial charge in [-0.2, -0.15) is 5.26 Å². The first-order valence-electron chi connectivity index (χ1n) is 7.32. The number of benzene rings is 2. The minimum absolute atomic E-state index is 0.208. The lowest BCUT2D eigenvalue weighted by Gasteiger charge is -2.06. The summed E-state index contributed by atoms with van der Waals surface area (Å²) < 4.78 is 18.9. The molecular weight excluding hydrogens is 379 g/mol. The molecule has 0 saturated carbocycles. The van der Waals surface area contributed by atoms with Crippen LogP contribution >= 0.6 is 22.9 Å². The Kier molecular flexibility index (Phi) is 5.16. The highest BCUT2D eigenvalue weighted by Crippen LogP contribution is 2.27. The zero-order valence-corrected chi connectivity index (χ0v) is 14.7. The quantitative estimate of drug-likeness (QED) is 0.673. The number of hydrogen-bond donors (Lipinski definition) is 1. The molecule has 3 aromatic rings. The number of halogens is 2. The van der Waals surface area contributed by atoms with Crippen molar-refractivity contribution < 1.29 is 18.7 Å². The molecule has 0 radical (unpaired) electrons. The Labute approximate surface area is 156 Å². The lowest BCUT2D eigenvalue weighted by atomic mass is 10.2. The maximum Gasteiger partial charge on any atom is 0.348 e. The largest absolute Gasteiger partial charge is 0.451 e. The lowest BCUT2D eigenvalue weighted by Crippen LogP contribution is -2.20. The smallest absolute Gasteiger partial charge is 0.348 e. The van der Waals surface area contributed by atoms with Crippen LogP contribution in [0, 0.1) is 17.1 Å². The number of carbonyl (C=O) groups is 2. The molecule has 8 heteroatoms. The van der Waals surface area contributed by atoms with E-state index in [2.05, 4.69) is 5.32 Å². The summed E-state index contributed by atoms with van der Waals surface area (Å²) in [4.78, 5) is 24.2. The van der Waals surface area contributed by atoms with E-state index in [-0.39, 0.29) is 15.5 Å². The maximum atomic E-state index is 13.2. The Balaban J connectivity index is 1.60. The molecule has 0 aliphatic carbocycles. The molecule has 26 heavy (non-hydrogen) atoms. The Bertz CT molecular complexity index is 1060. The summed E-state index contributed by atoms with van der Waals surface area (Å²) in [5, 5.41) is 12.1. The summed E-state index contributed by atoms with van der Waals surface area (Å²) >= 11 is 7.04. The third-order valence-corrected chi connectivity index (χ3v) is 4.80. The van der Waals surface area contributed by atoms with Gasteiger partial charge in [0.15, 0.2) is 6.61 Å². The molecule has 0 atom stereocenters. The molecule has 0 unspecified atom stereocenters. The lowest BCUT2D eigenvalue weighted by molar-refractivity contribution is -0.119. The zero-order valence-electron chi connectivity index (χ0n) is 13.1. The molecule has 0 saturated heterocycles. The van der Waals surface area contributed by atoms with Crippen LogP contribution in [-0.4, -0.2) is 18.5 Å². The van der Waals surface area contributed by atoms with Gasteiger partial charge in [0.1, 0.15) is 16.8 Å². The highest BCUT2D eigenvalue weighted by molar-refractivity contribution is 7.20. The van der Waals surface area contributed by atoms with Gasteiger partial charge in [-0.1, -0.05) is 11.6 Å². The number of hydrogen-bond acceptors (Lipinski definition) is 5. The number of nitriles is 1. The highest BCUT2D eigenvalue weighted by Gasteiger charge is 2.14. The molecule has 1 amide bonds. The molecule has 0 spiro atoms. The summed E-state index contributed by atoms with van der Waals surface area (Å²) in [5.74, 6) is -1.61. The molecular formula is C18H10ClFN2O3S. The summed E-state index contributed by atoms with van der Waals surface area (Å²) in [6, 6.07) is 12.1. The van der Waals surface area contributed by atoms with Gasteiger partial charge in [0, 0.05) is 10.4 Å². The topological polar surface area (TPSA) is 79.2 Å². The van der Waals surface area contributed by atoms with E-state index < -0.39 is 24.3 Å². The monoisotopic (exact) mass is 388 g/mol. The number of rotatable bonds is 4. The second kappa shape index (κ2) is 7.52. The van der Waals surface area contributed by atoms with E-state index in [1.165, 1.54) is 36.4 Å². The van der Waals surface area contributed by atoms with Crippen molar-refractivity contribution in [2.75, 3.05) is 11.9 Å². The predicted molar refractivity (Wildman–Crippen MR) is 96.9 cm³/mol. The third-order valence-electron chi connectivity index (χ3n) is 3.39. The van der Waals surface area contributed by atoms with Crippen LogP contribution in [0.5, 0.6) is 0 Å². The van der Waals surface area contributed by atoms with Crippen molar-refractivity contribution >= 4 is 50.6 Å². The van der Waals surface area contributed by atoms with E-state index in [1.54, 1.807) is 6.07 Å². The normalized spacial score (nSPS) is 10.3. The average Bonchev–Trinajstić information content (AvgIpc) is 3.03. The Morgan fingerprint density at radius 2 is 2.04 bits per heavy atom. The Hall–Kier alpha value is -2.95. The molecule has 0 aliphatic heterocycles. The van der Waals surface area contributed by atoms with Crippen LogP contribution in [0.4, 0.5) is 10.1 Å². The first kappa shape index (κ1) is 17.9. The van der Waals surface area contributed by atoms with Gasteiger partial charge in [0.05, 0.1) is 10.6 Å². The van der Waals surface area contributed by atoms with Gasteiger partial charge in [-0.05, 0) is 47.9 Å². The van der Waals surface area contributed by atoms with Crippen molar-refractivity contribution in [3.63, 3.8) is 0 Å². The average molecular weight is 389 g/mol. The first-order valence-corrected chi connectivity index (χ1v) is 8.51. The van der Waals surface area contributed by atoms with Gasteiger partial charge < -0.3 is 10.1 Å². The fourth-order valence-electron chi connectivity index (χ4n) is 2.20. The molecule has 1 aromatic heterocycles. The number of esters is 1. The number of ether oxygens (including phenoxy) is 1.